The van der Waals surface area contributed by atoms with Gasteiger partial charge in [-0.15, -0.1) is 0 Å². The lowest BCUT2D eigenvalue weighted by Crippen LogP contribution is -2.39. The van der Waals surface area contributed by atoms with Gasteiger partial charge in [0.2, 0.25) is 10.0 Å². The molecule has 0 spiro atoms. The van der Waals surface area contributed by atoms with E-state index in [1.54, 1.807) is 32.2 Å². The first kappa shape index (κ1) is 23.1. The van der Waals surface area contributed by atoms with E-state index in [2.05, 4.69) is 20.4 Å². The molecule has 7 nitrogen and oxygen atoms in total. The van der Waals surface area contributed by atoms with Crippen molar-refractivity contribution in [2.45, 2.75) is 33.4 Å². The summed E-state index contributed by atoms with van der Waals surface area (Å²) in [5.41, 5.74) is 0.545. The number of nitrogens with zero attached hydrogens (tertiary/aromatic N) is 2. The van der Waals surface area contributed by atoms with Gasteiger partial charge in [0.05, 0.1) is 12.3 Å². The summed E-state index contributed by atoms with van der Waals surface area (Å²) in [6.07, 6.45) is 0.602. The van der Waals surface area contributed by atoms with Crippen LogP contribution < -0.4 is 15.4 Å². The minimum atomic E-state index is -3.19. The normalized spacial score (nSPS) is 12.5. The number of sulfonamides is 1. The molecule has 0 aliphatic rings. The zero-order chi connectivity index (χ0) is 20.3. The molecular weight excluding hydrogens is 378 g/mol. The number of aliphatic imine (C=N–C) groups is 1. The van der Waals surface area contributed by atoms with Gasteiger partial charge < -0.3 is 15.4 Å². The molecule has 0 aliphatic carbocycles. The molecule has 1 aromatic carbocycles. The zero-order valence-electron chi connectivity index (χ0n) is 15.9. The van der Waals surface area contributed by atoms with E-state index in [0.717, 1.165) is 0 Å². The van der Waals surface area contributed by atoms with Crippen LogP contribution in [-0.4, -0.2) is 57.7 Å². The number of alkyl halides is 2. The summed E-state index contributed by atoms with van der Waals surface area (Å²) in [5.74, 6) is 0.685. The van der Waals surface area contributed by atoms with Crippen LogP contribution in [0.3, 0.4) is 0 Å². The fourth-order valence-corrected chi connectivity index (χ4v) is 3.07. The quantitative estimate of drug-likeness (QED) is 0.334. The Bertz CT molecular complexity index is 699. The summed E-state index contributed by atoms with van der Waals surface area (Å²) in [4.78, 5) is 4.37. The minimum Gasteiger partial charge on any atom is -0.434 e. The van der Waals surface area contributed by atoms with Gasteiger partial charge in [0, 0.05) is 32.2 Å². The number of ether oxygens (including phenoxy) is 1. The third-order valence-electron chi connectivity index (χ3n) is 3.72. The molecule has 27 heavy (non-hydrogen) atoms. The molecule has 154 valence electrons. The topological polar surface area (TPSA) is 83.0 Å². The standard InChI is InChI=1S/C17H28F2N4O3S/c1-4-20-17(21-11-8-12-23(3)27(24,25)5-2)22-13-14-9-6-7-10-15(14)26-16(18)19/h6-7,9-10,16H,4-5,8,11-13H2,1-3H3,(H2,20,21,22). The van der Waals surface area contributed by atoms with E-state index in [1.807, 2.05) is 6.92 Å². The van der Waals surface area contributed by atoms with Gasteiger partial charge in [-0.1, -0.05) is 18.2 Å². The molecular formula is C17H28F2N4O3S. The van der Waals surface area contributed by atoms with Crippen LogP contribution >= 0.6 is 0 Å². The molecule has 0 aromatic heterocycles. The van der Waals surface area contributed by atoms with Crippen molar-refractivity contribution in [1.82, 2.24) is 14.9 Å². The van der Waals surface area contributed by atoms with Crippen molar-refractivity contribution in [1.29, 1.82) is 0 Å². The summed E-state index contributed by atoms with van der Waals surface area (Å²) in [6, 6.07) is 6.50. The number of hydrogen-bond acceptors (Lipinski definition) is 4. The number of hydrogen-bond donors (Lipinski definition) is 2. The highest BCUT2D eigenvalue weighted by Gasteiger charge is 2.14. The van der Waals surface area contributed by atoms with Crippen LogP contribution in [0, 0.1) is 0 Å². The molecule has 10 heteroatoms. The van der Waals surface area contributed by atoms with E-state index in [1.165, 1.54) is 10.4 Å². The molecule has 0 saturated heterocycles. The van der Waals surface area contributed by atoms with Crippen molar-refractivity contribution in [2.24, 2.45) is 4.99 Å². The Morgan fingerprint density at radius 1 is 1.26 bits per heavy atom. The lowest BCUT2D eigenvalue weighted by atomic mass is 10.2. The number of para-hydroxylation sites is 1. The fraction of sp³-hybridized carbons (Fsp3) is 0.588. The van der Waals surface area contributed by atoms with E-state index in [9.17, 15) is 17.2 Å². The Hall–Kier alpha value is -1.94. The predicted molar refractivity (Wildman–Crippen MR) is 103 cm³/mol. The third kappa shape index (κ3) is 8.53. The molecule has 0 atom stereocenters. The SMILES string of the molecule is CCNC(=NCc1ccccc1OC(F)F)NCCCN(C)S(=O)(=O)CC. The monoisotopic (exact) mass is 406 g/mol. The molecule has 0 saturated carbocycles. The second-order valence-electron chi connectivity index (χ2n) is 5.68. The fourth-order valence-electron chi connectivity index (χ4n) is 2.22. The van der Waals surface area contributed by atoms with Gasteiger partial charge >= 0.3 is 6.61 Å². The molecule has 0 amide bonds. The summed E-state index contributed by atoms with van der Waals surface area (Å²) >= 11 is 0. The van der Waals surface area contributed by atoms with E-state index < -0.39 is 16.6 Å². The van der Waals surface area contributed by atoms with Gasteiger partial charge in [0.25, 0.3) is 0 Å². The highest BCUT2D eigenvalue weighted by Crippen LogP contribution is 2.20. The van der Waals surface area contributed by atoms with E-state index >= 15 is 0 Å². The van der Waals surface area contributed by atoms with Gasteiger partial charge in [-0.2, -0.15) is 8.78 Å². The Morgan fingerprint density at radius 3 is 2.59 bits per heavy atom. The maximum Gasteiger partial charge on any atom is 0.387 e. The van der Waals surface area contributed by atoms with Crippen LogP contribution in [-0.2, 0) is 16.6 Å². The number of nitrogens with one attached hydrogen (secondary N) is 2. The molecule has 1 rings (SSSR count). The largest absolute Gasteiger partial charge is 0.434 e. The summed E-state index contributed by atoms with van der Waals surface area (Å²) in [6.45, 7) is 2.34. The first-order valence-corrected chi connectivity index (χ1v) is 10.4. The van der Waals surface area contributed by atoms with Gasteiger partial charge in [-0.05, 0) is 26.3 Å². The number of benzene rings is 1. The highest BCUT2D eigenvalue weighted by atomic mass is 32.2. The summed E-state index contributed by atoms with van der Waals surface area (Å²) in [5, 5.41) is 6.17. The van der Waals surface area contributed by atoms with Crippen LogP contribution in [0.2, 0.25) is 0 Å². The van der Waals surface area contributed by atoms with E-state index in [-0.39, 0.29) is 18.0 Å². The van der Waals surface area contributed by atoms with Crippen molar-refractivity contribution in [3.05, 3.63) is 29.8 Å². The van der Waals surface area contributed by atoms with Crippen molar-refractivity contribution >= 4 is 16.0 Å². The van der Waals surface area contributed by atoms with Crippen molar-refractivity contribution in [2.75, 3.05) is 32.4 Å². The van der Waals surface area contributed by atoms with Crippen LogP contribution in [0.15, 0.2) is 29.3 Å². The highest BCUT2D eigenvalue weighted by molar-refractivity contribution is 7.89. The Morgan fingerprint density at radius 2 is 1.96 bits per heavy atom. The first-order valence-electron chi connectivity index (χ1n) is 8.79. The lowest BCUT2D eigenvalue weighted by molar-refractivity contribution is -0.0504. The molecule has 1 aromatic rings. The molecule has 0 fully saturated rings. The summed E-state index contributed by atoms with van der Waals surface area (Å²) < 4.78 is 54.2. The number of halogens is 2. The maximum atomic E-state index is 12.5. The number of guanidine groups is 1. The average Bonchev–Trinajstić information content (AvgIpc) is 2.63. The molecule has 2 N–H and O–H groups in total. The van der Waals surface area contributed by atoms with Crippen LogP contribution in [0.4, 0.5) is 8.78 Å². The van der Waals surface area contributed by atoms with Gasteiger partial charge in [0.1, 0.15) is 5.75 Å². The average molecular weight is 406 g/mol. The molecule has 0 aliphatic heterocycles. The third-order valence-corrected chi connectivity index (χ3v) is 5.58. The van der Waals surface area contributed by atoms with Crippen LogP contribution in [0.1, 0.15) is 25.8 Å². The second kappa shape index (κ2) is 11.7. The van der Waals surface area contributed by atoms with Crippen molar-refractivity contribution < 1.29 is 21.9 Å². The molecule has 0 bridgehead atoms. The van der Waals surface area contributed by atoms with E-state index in [4.69, 9.17) is 0 Å². The second-order valence-corrected chi connectivity index (χ2v) is 8.05. The maximum absolute atomic E-state index is 12.5. The Labute approximate surface area is 159 Å². The van der Waals surface area contributed by atoms with Crippen molar-refractivity contribution in [3.63, 3.8) is 0 Å². The lowest BCUT2D eigenvalue weighted by Gasteiger charge is -2.17. The minimum absolute atomic E-state index is 0.0706. The Balaban J connectivity index is 2.61. The van der Waals surface area contributed by atoms with Crippen LogP contribution in [0.25, 0.3) is 0 Å². The smallest absolute Gasteiger partial charge is 0.387 e. The molecule has 0 unspecified atom stereocenters. The van der Waals surface area contributed by atoms with Gasteiger partial charge in [-0.3, -0.25) is 0 Å². The molecule has 0 heterocycles. The predicted octanol–water partition coefficient (Wildman–Crippen LogP) is 2.01. The summed E-state index contributed by atoms with van der Waals surface area (Å²) in [7, 11) is -1.63. The Kier molecular flexibility index (Phi) is 10.0. The molecule has 0 radical (unpaired) electrons. The number of rotatable bonds is 11. The van der Waals surface area contributed by atoms with E-state index in [0.29, 0.717) is 37.6 Å². The van der Waals surface area contributed by atoms with Gasteiger partial charge in [-0.25, -0.2) is 17.7 Å². The van der Waals surface area contributed by atoms with Gasteiger partial charge in [0.15, 0.2) is 5.96 Å². The van der Waals surface area contributed by atoms with Crippen molar-refractivity contribution in [3.8, 4) is 5.75 Å². The zero-order valence-corrected chi connectivity index (χ0v) is 16.7. The van der Waals surface area contributed by atoms with Crippen LogP contribution in [0.5, 0.6) is 5.75 Å². The first-order chi connectivity index (χ1) is 12.8.